The van der Waals surface area contributed by atoms with E-state index >= 15 is 0 Å². The summed E-state index contributed by atoms with van der Waals surface area (Å²) in [6.45, 7) is 3.60. The molecule has 0 aliphatic heterocycles. The Labute approximate surface area is 72.2 Å². The normalized spacial score (nSPS) is 28.1. The largest absolute Gasteiger partial charge is 0.295 e. The van der Waals surface area contributed by atoms with Gasteiger partial charge in [-0.3, -0.25) is 4.79 Å². The van der Waals surface area contributed by atoms with Crippen LogP contribution in [0.3, 0.4) is 0 Å². The van der Waals surface area contributed by atoms with E-state index in [1.807, 2.05) is 0 Å². The lowest BCUT2D eigenvalue weighted by Crippen LogP contribution is -2.20. The summed E-state index contributed by atoms with van der Waals surface area (Å²) < 4.78 is 0. The second kappa shape index (κ2) is 3.36. The molecule has 0 saturated carbocycles. The number of carbonyl (C=O) groups is 1. The topological polar surface area (TPSA) is 40.9 Å². The van der Waals surface area contributed by atoms with Crippen LogP contribution in [-0.2, 0) is 4.79 Å². The molecule has 1 atom stereocenters. The van der Waals surface area contributed by atoms with Crippen LogP contribution < -0.4 is 0 Å². The summed E-state index contributed by atoms with van der Waals surface area (Å²) >= 11 is 0. The predicted molar refractivity (Wildman–Crippen MR) is 46.2 cm³/mol. The van der Waals surface area contributed by atoms with Crippen molar-refractivity contribution in [3.8, 4) is 6.07 Å². The number of ketones is 1. The third-order valence-electron chi connectivity index (χ3n) is 2.14. The van der Waals surface area contributed by atoms with E-state index in [1.54, 1.807) is 12.2 Å². The number of nitrogens with zero attached hydrogens (tertiary/aromatic N) is 1. The van der Waals surface area contributed by atoms with E-state index in [-0.39, 0.29) is 5.78 Å². The lowest BCUT2D eigenvalue weighted by atomic mass is 9.77. The zero-order valence-electron chi connectivity index (χ0n) is 6.92. The van der Waals surface area contributed by atoms with E-state index < -0.39 is 5.41 Å². The highest BCUT2D eigenvalue weighted by atomic mass is 16.1. The molecule has 1 unspecified atom stereocenters. The Kier molecular flexibility index (Phi) is 2.44. The van der Waals surface area contributed by atoms with Crippen LogP contribution in [0.2, 0.25) is 0 Å². The summed E-state index contributed by atoms with van der Waals surface area (Å²) in [5, 5.41) is 8.90. The minimum atomic E-state index is -0.463. The Hall–Kier alpha value is -1.36. The molecule has 2 heteroatoms. The first-order valence-corrected chi connectivity index (χ1v) is 3.97. The molecule has 0 radical (unpaired) electrons. The predicted octanol–water partition coefficient (Wildman–Crippen LogP) is 1.99. The molecule has 62 valence electrons. The maximum absolute atomic E-state index is 10.8. The van der Waals surface area contributed by atoms with Gasteiger partial charge < -0.3 is 0 Å². The second-order valence-electron chi connectivity index (χ2n) is 3.06. The molecule has 0 aromatic carbocycles. The van der Waals surface area contributed by atoms with Gasteiger partial charge in [0, 0.05) is 6.42 Å². The Morgan fingerprint density at radius 1 is 1.83 bits per heavy atom. The Morgan fingerprint density at radius 2 is 2.58 bits per heavy atom. The standard InChI is InChI=1S/C10H11NO/c1-2-5-10(8-11)6-3-9(12)4-7-10/h2-3,6H,1,4-5,7H2. The summed E-state index contributed by atoms with van der Waals surface area (Å²) in [5.41, 5.74) is -0.463. The molecule has 1 rings (SSSR count). The third kappa shape index (κ3) is 1.62. The highest BCUT2D eigenvalue weighted by molar-refractivity contribution is 5.90. The van der Waals surface area contributed by atoms with E-state index in [4.69, 9.17) is 5.26 Å². The number of hydrogen-bond acceptors (Lipinski definition) is 2. The maximum Gasteiger partial charge on any atom is 0.155 e. The molecular formula is C10H11NO. The monoisotopic (exact) mass is 161 g/mol. The SMILES string of the molecule is C=CCC1(C#N)C=CC(=O)CC1. The molecule has 1 aliphatic rings. The second-order valence-corrected chi connectivity index (χ2v) is 3.06. The highest BCUT2D eigenvalue weighted by Crippen LogP contribution is 2.32. The van der Waals surface area contributed by atoms with Crippen molar-refractivity contribution in [1.29, 1.82) is 5.26 Å². The summed E-state index contributed by atoms with van der Waals surface area (Å²) in [5.74, 6) is 0.116. The summed E-state index contributed by atoms with van der Waals surface area (Å²) in [6, 6.07) is 2.23. The minimum Gasteiger partial charge on any atom is -0.295 e. The van der Waals surface area contributed by atoms with E-state index in [1.165, 1.54) is 6.08 Å². The van der Waals surface area contributed by atoms with Crippen LogP contribution in [0.4, 0.5) is 0 Å². The molecule has 0 aromatic rings. The van der Waals surface area contributed by atoms with Gasteiger partial charge in [-0.2, -0.15) is 5.26 Å². The molecule has 0 saturated heterocycles. The van der Waals surface area contributed by atoms with Gasteiger partial charge >= 0.3 is 0 Å². The van der Waals surface area contributed by atoms with Crippen molar-refractivity contribution in [1.82, 2.24) is 0 Å². The van der Waals surface area contributed by atoms with Crippen LogP contribution in [0.15, 0.2) is 24.8 Å². The molecule has 0 spiro atoms. The molecule has 0 amide bonds. The molecular weight excluding hydrogens is 150 g/mol. The Bertz CT molecular complexity index is 272. The smallest absolute Gasteiger partial charge is 0.155 e. The van der Waals surface area contributed by atoms with Gasteiger partial charge in [0.05, 0.1) is 11.5 Å². The fraction of sp³-hybridized carbons (Fsp3) is 0.400. The minimum absolute atomic E-state index is 0.116. The number of carbonyl (C=O) groups excluding carboxylic acids is 1. The van der Waals surface area contributed by atoms with Crippen LogP contribution >= 0.6 is 0 Å². The van der Waals surface area contributed by atoms with Crippen molar-refractivity contribution in [3.05, 3.63) is 24.8 Å². The van der Waals surface area contributed by atoms with E-state index in [0.717, 1.165) is 0 Å². The van der Waals surface area contributed by atoms with Crippen molar-refractivity contribution < 1.29 is 4.79 Å². The summed E-state index contributed by atoms with van der Waals surface area (Å²) in [7, 11) is 0. The number of hydrogen-bond donors (Lipinski definition) is 0. The Balaban J connectivity index is 2.83. The van der Waals surface area contributed by atoms with Crippen molar-refractivity contribution in [3.63, 3.8) is 0 Å². The molecule has 2 nitrogen and oxygen atoms in total. The lowest BCUT2D eigenvalue weighted by Gasteiger charge is -2.23. The van der Waals surface area contributed by atoms with E-state index in [9.17, 15) is 4.79 Å². The molecule has 0 bridgehead atoms. The van der Waals surface area contributed by atoms with Crippen LogP contribution in [0.5, 0.6) is 0 Å². The first-order valence-electron chi connectivity index (χ1n) is 3.97. The van der Waals surface area contributed by atoms with Gasteiger partial charge in [-0.15, -0.1) is 6.58 Å². The lowest BCUT2D eigenvalue weighted by molar-refractivity contribution is -0.115. The third-order valence-corrected chi connectivity index (χ3v) is 2.14. The molecule has 0 aromatic heterocycles. The van der Waals surface area contributed by atoms with E-state index in [2.05, 4.69) is 12.6 Å². The van der Waals surface area contributed by atoms with Crippen molar-refractivity contribution in [2.45, 2.75) is 19.3 Å². The van der Waals surface area contributed by atoms with Gasteiger partial charge in [0.15, 0.2) is 5.78 Å². The molecule has 12 heavy (non-hydrogen) atoms. The average Bonchev–Trinajstić information content (AvgIpc) is 2.10. The van der Waals surface area contributed by atoms with Crippen LogP contribution in [0.1, 0.15) is 19.3 Å². The van der Waals surface area contributed by atoms with Crippen molar-refractivity contribution in [2.75, 3.05) is 0 Å². The van der Waals surface area contributed by atoms with Gasteiger partial charge in [0.2, 0.25) is 0 Å². The average molecular weight is 161 g/mol. The van der Waals surface area contributed by atoms with Crippen LogP contribution in [0, 0.1) is 16.7 Å². The number of rotatable bonds is 2. The van der Waals surface area contributed by atoms with Crippen molar-refractivity contribution >= 4 is 5.78 Å². The molecule has 0 fully saturated rings. The van der Waals surface area contributed by atoms with Crippen molar-refractivity contribution in [2.24, 2.45) is 5.41 Å². The summed E-state index contributed by atoms with van der Waals surface area (Å²) in [4.78, 5) is 10.8. The molecule has 0 N–H and O–H groups in total. The van der Waals surface area contributed by atoms with E-state index in [0.29, 0.717) is 19.3 Å². The zero-order chi connectivity index (χ0) is 9.03. The quantitative estimate of drug-likeness (QED) is 0.581. The fourth-order valence-electron chi connectivity index (χ4n) is 1.33. The van der Waals surface area contributed by atoms with Gasteiger partial charge in [-0.1, -0.05) is 12.2 Å². The first-order chi connectivity index (χ1) is 5.72. The van der Waals surface area contributed by atoms with Crippen LogP contribution in [0.25, 0.3) is 0 Å². The fourth-order valence-corrected chi connectivity index (χ4v) is 1.33. The maximum atomic E-state index is 10.8. The van der Waals surface area contributed by atoms with Gasteiger partial charge in [-0.25, -0.2) is 0 Å². The first kappa shape index (κ1) is 8.73. The zero-order valence-corrected chi connectivity index (χ0v) is 6.92. The van der Waals surface area contributed by atoms with Crippen LogP contribution in [-0.4, -0.2) is 5.78 Å². The highest BCUT2D eigenvalue weighted by Gasteiger charge is 2.28. The number of nitriles is 1. The molecule has 1 aliphatic carbocycles. The summed E-state index contributed by atoms with van der Waals surface area (Å²) in [6.07, 6.45) is 6.69. The van der Waals surface area contributed by atoms with Gasteiger partial charge in [0.1, 0.15) is 0 Å². The van der Waals surface area contributed by atoms with Gasteiger partial charge in [-0.05, 0) is 18.9 Å². The molecule has 0 heterocycles. The number of allylic oxidation sites excluding steroid dienone is 3. The van der Waals surface area contributed by atoms with Gasteiger partial charge in [0.25, 0.3) is 0 Å². The Morgan fingerprint density at radius 3 is 3.00 bits per heavy atom.